The summed E-state index contributed by atoms with van der Waals surface area (Å²) in [4.78, 5) is 45.4. The van der Waals surface area contributed by atoms with Gasteiger partial charge in [-0.2, -0.15) is 0 Å². The first kappa shape index (κ1) is 24.4. The van der Waals surface area contributed by atoms with Crippen molar-refractivity contribution in [3.8, 4) is 22.8 Å². The van der Waals surface area contributed by atoms with Crippen LogP contribution in [0.5, 0.6) is 11.5 Å². The van der Waals surface area contributed by atoms with Gasteiger partial charge >= 0.3 is 12.3 Å². The number of halogens is 2. The van der Waals surface area contributed by atoms with Gasteiger partial charge in [-0.3, -0.25) is 14.4 Å². The fourth-order valence-electron chi connectivity index (χ4n) is 4.47. The van der Waals surface area contributed by atoms with Crippen molar-refractivity contribution in [3.05, 3.63) is 69.1 Å². The Morgan fingerprint density at radius 2 is 1.84 bits per heavy atom. The Balaban J connectivity index is 1.46. The fraction of sp³-hybridized carbons (Fsp3) is 0.308. The molecule has 1 aliphatic carbocycles. The van der Waals surface area contributed by atoms with E-state index >= 15 is 0 Å². The normalized spacial score (nSPS) is 16.2. The summed E-state index contributed by atoms with van der Waals surface area (Å²) >= 11 is 0. The molecule has 37 heavy (non-hydrogen) atoms. The SMILES string of the molecule is COC(=O)Cc1c(C)c[nH]c(=O)c1-c1nc(NC(=O)C2(c3ccc4c(c3)OC(F)(F)O4)CC2)ccc1C. The number of fused-ring (bicyclic) bond motifs is 1. The summed E-state index contributed by atoms with van der Waals surface area (Å²) in [5, 5.41) is 2.80. The number of ether oxygens (including phenoxy) is 3. The molecular formula is C26H23F2N3O6. The van der Waals surface area contributed by atoms with E-state index in [1.807, 2.05) is 0 Å². The van der Waals surface area contributed by atoms with Crippen molar-refractivity contribution in [1.29, 1.82) is 0 Å². The second-order valence-corrected chi connectivity index (χ2v) is 9.13. The number of carbonyl (C=O) groups is 2. The summed E-state index contributed by atoms with van der Waals surface area (Å²) in [5.41, 5.74) is 1.52. The van der Waals surface area contributed by atoms with Crippen molar-refractivity contribution in [2.45, 2.75) is 44.8 Å². The Morgan fingerprint density at radius 1 is 1.11 bits per heavy atom. The topological polar surface area (TPSA) is 120 Å². The maximum Gasteiger partial charge on any atom is 0.586 e. The number of methoxy groups -OCH3 is 1. The lowest BCUT2D eigenvalue weighted by Gasteiger charge is -2.17. The number of esters is 1. The summed E-state index contributed by atoms with van der Waals surface area (Å²) < 4.78 is 40.6. The second-order valence-electron chi connectivity index (χ2n) is 9.13. The molecular weight excluding hydrogens is 488 g/mol. The highest BCUT2D eigenvalue weighted by Crippen LogP contribution is 2.52. The predicted molar refractivity (Wildman–Crippen MR) is 128 cm³/mol. The van der Waals surface area contributed by atoms with Crippen LogP contribution in [0.25, 0.3) is 11.3 Å². The number of aromatic nitrogens is 2. The van der Waals surface area contributed by atoms with E-state index in [9.17, 15) is 23.2 Å². The summed E-state index contributed by atoms with van der Waals surface area (Å²) in [7, 11) is 1.27. The van der Waals surface area contributed by atoms with Crippen LogP contribution < -0.4 is 20.3 Å². The predicted octanol–water partition coefficient (Wildman–Crippen LogP) is 3.76. The zero-order chi connectivity index (χ0) is 26.5. The van der Waals surface area contributed by atoms with Crippen molar-refractivity contribution in [2.24, 2.45) is 0 Å². The monoisotopic (exact) mass is 511 g/mol. The quantitative estimate of drug-likeness (QED) is 0.484. The number of benzene rings is 1. The minimum Gasteiger partial charge on any atom is -0.469 e. The summed E-state index contributed by atoms with van der Waals surface area (Å²) in [5.74, 6) is -0.897. The third kappa shape index (κ3) is 4.41. The van der Waals surface area contributed by atoms with Crippen LogP contribution in [0.3, 0.4) is 0 Å². The summed E-state index contributed by atoms with van der Waals surface area (Å²) in [6.07, 6.45) is -1.33. The molecule has 1 saturated carbocycles. The van der Waals surface area contributed by atoms with Crippen molar-refractivity contribution in [2.75, 3.05) is 12.4 Å². The lowest BCUT2D eigenvalue weighted by molar-refractivity contribution is -0.286. The summed E-state index contributed by atoms with van der Waals surface area (Å²) in [6.45, 7) is 3.53. The Kier molecular flexibility index (Phi) is 5.73. The maximum atomic E-state index is 13.4. The molecule has 2 aromatic heterocycles. The molecule has 0 unspecified atom stereocenters. The molecule has 192 valence electrons. The largest absolute Gasteiger partial charge is 0.586 e. The van der Waals surface area contributed by atoms with Crippen LogP contribution in [-0.4, -0.2) is 35.2 Å². The van der Waals surface area contributed by atoms with E-state index in [-0.39, 0.29) is 35.2 Å². The first-order chi connectivity index (χ1) is 17.5. The van der Waals surface area contributed by atoms with Gasteiger partial charge in [0.2, 0.25) is 5.91 Å². The number of nitrogens with one attached hydrogen (secondary N) is 2. The smallest absolute Gasteiger partial charge is 0.469 e. The summed E-state index contributed by atoms with van der Waals surface area (Å²) in [6, 6.07) is 7.63. The van der Waals surface area contributed by atoms with Gasteiger partial charge in [0.1, 0.15) is 5.82 Å². The van der Waals surface area contributed by atoms with Crippen LogP contribution in [0.2, 0.25) is 0 Å². The fourth-order valence-corrected chi connectivity index (χ4v) is 4.47. The van der Waals surface area contributed by atoms with Crippen LogP contribution in [0.15, 0.2) is 41.3 Å². The van der Waals surface area contributed by atoms with Crippen LogP contribution >= 0.6 is 0 Å². The van der Waals surface area contributed by atoms with Crippen molar-refractivity contribution in [1.82, 2.24) is 9.97 Å². The van der Waals surface area contributed by atoms with Crippen LogP contribution in [0, 0.1) is 13.8 Å². The number of alkyl halides is 2. The average Bonchev–Trinajstić information content (AvgIpc) is 3.60. The highest BCUT2D eigenvalue weighted by molar-refractivity contribution is 6.01. The molecule has 0 spiro atoms. The number of pyridine rings is 2. The van der Waals surface area contributed by atoms with E-state index < -0.39 is 23.2 Å². The first-order valence-corrected chi connectivity index (χ1v) is 11.5. The molecule has 3 heterocycles. The first-order valence-electron chi connectivity index (χ1n) is 11.5. The van der Waals surface area contributed by atoms with Gasteiger partial charge in [-0.05, 0) is 67.1 Å². The molecule has 1 aliphatic heterocycles. The van der Waals surface area contributed by atoms with Crippen LogP contribution in [0.1, 0.15) is 35.1 Å². The molecule has 0 atom stereocenters. The third-order valence-electron chi connectivity index (χ3n) is 6.69. The maximum absolute atomic E-state index is 13.4. The number of aromatic amines is 1. The Morgan fingerprint density at radius 3 is 2.54 bits per heavy atom. The number of aryl methyl sites for hydroxylation is 2. The highest BCUT2D eigenvalue weighted by Gasteiger charge is 2.53. The van der Waals surface area contributed by atoms with E-state index in [4.69, 9.17) is 4.74 Å². The van der Waals surface area contributed by atoms with Crippen molar-refractivity contribution >= 4 is 17.7 Å². The number of hydrogen-bond donors (Lipinski definition) is 2. The van der Waals surface area contributed by atoms with Gasteiger partial charge < -0.3 is 24.5 Å². The van der Waals surface area contributed by atoms with Gasteiger partial charge in [0.15, 0.2) is 11.5 Å². The molecule has 1 fully saturated rings. The van der Waals surface area contributed by atoms with Gasteiger partial charge in [0, 0.05) is 6.20 Å². The van der Waals surface area contributed by atoms with Crippen LogP contribution in [0.4, 0.5) is 14.6 Å². The zero-order valence-corrected chi connectivity index (χ0v) is 20.2. The molecule has 1 amide bonds. The van der Waals surface area contributed by atoms with Gasteiger partial charge in [0.05, 0.1) is 30.2 Å². The second kappa shape index (κ2) is 8.68. The zero-order valence-electron chi connectivity index (χ0n) is 20.2. The minimum atomic E-state index is -3.75. The number of rotatable bonds is 6. The van der Waals surface area contributed by atoms with Crippen molar-refractivity contribution in [3.63, 3.8) is 0 Å². The minimum absolute atomic E-state index is 0.0964. The van der Waals surface area contributed by atoms with Crippen molar-refractivity contribution < 1.29 is 32.6 Å². The molecule has 9 nitrogen and oxygen atoms in total. The molecule has 0 bridgehead atoms. The Hall–Kier alpha value is -4.28. The molecule has 2 aliphatic rings. The highest BCUT2D eigenvalue weighted by atomic mass is 19.3. The van der Waals surface area contributed by atoms with E-state index in [1.165, 1.54) is 25.4 Å². The number of hydrogen-bond acceptors (Lipinski definition) is 7. The number of nitrogens with zero attached hydrogens (tertiary/aromatic N) is 1. The molecule has 0 saturated heterocycles. The Labute approximate surface area is 209 Å². The molecule has 3 aromatic rings. The number of anilines is 1. The molecule has 5 rings (SSSR count). The lowest BCUT2D eigenvalue weighted by atomic mass is 9.94. The molecule has 1 aromatic carbocycles. The molecule has 2 N–H and O–H groups in total. The van der Waals surface area contributed by atoms with E-state index in [1.54, 1.807) is 32.0 Å². The number of carbonyl (C=O) groups excluding carboxylic acids is 2. The third-order valence-corrected chi connectivity index (χ3v) is 6.69. The van der Waals surface area contributed by atoms with E-state index in [2.05, 4.69) is 24.8 Å². The van der Waals surface area contributed by atoms with Crippen LogP contribution in [-0.2, 0) is 26.2 Å². The van der Waals surface area contributed by atoms with E-state index in [0.29, 0.717) is 40.8 Å². The van der Waals surface area contributed by atoms with Gasteiger partial charge in [-0.1, -0.05) is 12.1 Å². The number of H-pyrrole nitrogens is 1. The van der Waals surface area contributed by atoms with Gasteiger partial charge in [-0.15, -0.1) is 8.78 Å². The van der Waals surface area contributed by atoms with Gasteiger partial charge in [-0.25, -0.2) is 4.98 Å². The Bertz CT molecular complexity index is 1500. The van der Waals surface area contributed by atoms with E-state index in [0.717, 1.165) is 0 Å². The number of amides is 1. The lowest BCUT2D eigenvalue weighted by Crippen LogP contribution is -2.28. The molecule has 11 heteroatoms. The average molecular weight is 511 g/mol. The standard InChI is InChI=1S/C26H23F2N3O6/c1-13-4-7-19(30-22(13)21-16(11-20(32)35-3)14(2)12-29-23(21)33)31-24(34)25(8-9-25)15-5-6-17-18(10-15)37-26(27,28)36-17/h4-7,10,12H,8-9,11H2,1-3H3,(H,29,33)(H,30,31,34). The van der Waals surface area contributed by atoms with Gasteiger partial charge in [0.25, 0.3) is 5.56 Å². The molecule has 0 radical (unpaired) electrons.